The summed E-state index contributed by atoms with van der Waals surface area (Å²) in [6, 6.07) is 24.6. The maximum atomic E-state index is 12.4. The standard InChI is InChI=1S/C23H16ClN3O/c24-20-11-6-17(7-12-20)8-15-23(28)19-9-13-21(14-10-19)27-22(16-25-26-27)18-4-2-1-3-5-18/h1-16H. The maximum absolute atomic E-state index is 12.4. The molecule has 0 aliphatic carbocycles. The molecule has 136 valence electrons. The Hall–Kier alpha value is -3.50. The first-order valence-corrected chi connectivity index (χ1v) is 9.13. The number of benzene rings is 3. The quantitative estimate of drug-likeness (QED) is 0.337. The molecule has 3 aromatic carbocycles. The molecule has 1 heterocycles. The average Bonchev–Trinajstić information content (AvgIpc) is 3.24. The van der Waals surface area contributed by atoms with Gasteiger partial charge in [0.25, 0.3) is 0 Å². The van der Waals surface area contributed by atoms with Crippen LogP contribution in [-0.4, -0.2) is 20.8 Å². The van der Waals surface area contributed by atoms with Crippen LogP contribution in [-0.2, 0) is 0 Å². The number of hydrogen-bond acceptors (Lipinski definition) is 3. The molecule has 0 unspecified atom stereocenters. The van der Waals surface area contributed by atoms with Gasteiger partial charge in [0.1, 0.15) is 0 Å². The van der Waals surface area contributed by atoms with E-state index in [9.17, 15) is 4.79 Å². The fraction of sp³-hybridized carbons (Fsp3) is 0. The molecule has 1 aromatic heterocycles. The number of aromatic nitrogens is 3. The molecule has 0 saturated heterocycles. The van der Waals surface area contributed by atoms with Gasteiger partial charge < -0.3 is 0 Å². The second-order valence-electron chi connectivity index (χ2n) is 6.19. The number of allylic oxidation sites excluding steroid dienone is 1. The largest absolute Gasteiger partial charge is 0.289 e. The van der Waals surface area contributed by atoms with Gasteiger partial charge in [-0.3, -0.25) is 4.79 Å². The Balaban J connectivity index is 1.54. The van der Waals surface area contributed by atoms with Crippen molar-refractivity contribution in [3.05, 3.63) is 107 Å². The number of halogens is 1. The van der Waals surface area contributed by atoms with Crippen LogP contribution < -0.4 is 0 Å². The number of nitrogens with zero attached hydrogens (tertiary/aromatic N) is 3. The van der Waals surface area contributed by atoms with Crippen molar-refractivity contribution in [2.45, 2.75) is 0 Å². The summed E-state index contributed by atoms with van der Waals surface area (Å²) < 4.78 is 1.76. The van der Waals surface area contributed by atoms with Gasteiger partial charge in [0.2, 0.25) is 0 Å². The molecule has 0 saturated carbocycles. The second kappa shape index (κ2) is 8.03. The van der Waals surface area contributed by atoms with Crippen LogP contribution in [0.2, 0.25) is 5.02 Å². The Morgan fingerprint density at radius 2 is 1.61 bits per heavy atom. The Morgan fingerprint density at radius 3 is 2.32 bits per heavy atom. The van der Waals surface area contributed by atoms with Crippen LogP contribution in [0, 0.1) is 0 Å². The monoisotopic (exact) mass is 385 g/mol. The van der Waals surface area contributed by atoms with Crippen LogP contribution in [0.3, 0.4) is 0 Å². The van der Waals surface area contributed by atoms with E-state index in [4.69, 9.17) is 11.6 Å². The summed E-state index contributed by atoms with van der Waals surface area (Å²) in [5, 5.41) is 8.87. The third-order valence-electron chi connectivity index (χ3n) is 4.31. The fourth-order valence-corrected chi connectivity index (χ4v) is 2.97. The minimum Gasteiger partial charge on any atom is -0.289 e. The van der Waals surface area contributed by atoms with Crippen molar-refractivity contribution in [3.8, 4) is 16.9 Å². The lowest BCUT2D eigenvalue weighted by atomic mass is 10.1. The molecular weight excluding hydrogens is 370 g/mol. The highest BCUT2D eigenvalue weighted by molar-refractivity contribution is 6.30. The molecule has 5 heteroatoms. The molecule has 0 radical (unpaired) electrons. The molecule has 4 aromatic rings. The molecule has 0 N–H and O–H groups in total. The van der Waals surface area contributed by atoms with Crippen molar-refractivity contribution in [3.63, 3.8) is 0 Å². The number of carbonyl (C=O) groups excluding carboxylic acids is 1. The van der Waals surface area contributed by atoms with E-state index in [0.717, 1.165) is 22.5 Å². The lowest BCUT2D eigenvalue weighted by Crippen LogP contribution is -2.01. The summed E-state index contributed by atoms with van der Waals surface area (Å²) in [5.41, 5.74) is 4.29. The van der Waals surface area contributed by atoms with Gasteiger partial charge in [-0.1, -0.05) is 65.4 Å². The zero-order valence-corrected chi connectivity index (χ0v) is 15.6. The first-order chi connectivity index (χ1) is 13.7. The lowest BCUT2D eigenvalue weighted by Gasteiger charge is -2.07. The smallest absolute Gasteiger partial charge is 0.185 e. The van der Waals surface area contributed by atoms with Crippen molar-refractivity contribution in [2.24, 2.45) is 0 Å². The highest BCUT2D eigenvalue weighted by Gasteiger charge is 2.09. The topological polar surface area (TPSA) is 47.8 Å². The van der Waals surface area contributed by atoms with Crippen LogP contribution >= 0.6 is 11.6 Å². The van der Waals surface area contributed by atoms with Gasteiger partial charge in [-0.25, -0.2) is 4.68 Å². The molecule has 0 bridgehead atoms. The molecule has 0 aliphatic rings. The van der Waals surface area contributed by atoms with Crippen LogP contribution in [0.1, 0.15) is 15.9 Å². The number of carbonyl (C=O) groups is 1. The van der Waals surface area contributed by atoms with Crippen molar-refractivity contribution in [1.82, 2.24) is 15.0 Å². The minimum absolute atomic E-state index is 0.0663. The average molecular weight is 386 g/mol. The lowest BCUT2D eigenvalue weighted by molar-refractivity contribution is 0.104. The third-order valence-corrected chi connectivity index (χ3v) is 4.56. The zero-order chi connectivity index (χ0) is 19.3. The maximum Gasteiger partial charge on any atom is 0.185 e. The Kier molecular flexibility index (Phi) is 5.13. The van der Waals surface area contributed by atoms with Crippen molar-refractivity contribution in [2.75, 3.05) is 0 Å². The zero-order valence-electron chi connectivity index (χ0n) is 14.9. The molecule has 0 fully saturated rings. The first kappa shape index (κ1) is 17.9. The second-order valence-corrected chi connectivity index (χ2v) is 6.63. The number of hydrogen-bond donors (Lipinski definition) is 0. The van der Waals surface area contributed by atoms with Gasteiger partial charge in [0.15, 0.2) is 5.78 Å². The molecular formula is C23H16ClN3O. The summed E-state index contributed by atoms with van der Waals surface area (Å²) in [5.74, 6) is -0.0663. The van der Waals surface area contributed by atoms with Crippen LogP contribution in [0.25, 0.3) is 23.0 Å². The van der Waals surface area contributed by atoms with Gasteiger partial charge in [0.05, 0.1) is 17.6 Å². The SMILES string of the molecule is O=C(C=Cc1ccc(Cl)cc1)c1ccc(-n2nncc2-c2ccccc2)cc1. The predicted octanol–water partition coefficient (Wildman–Crippen LogP) is 5.48. The van der Waals surface area contributed by atoms with E-state index in [1.807, 2.05) is 54.6 Å². The third kappa shape index (κ3) is 3.92. The van der Waals surface area contributed by atoms with E-state index in [1.165, 1.54) is 0 Å². The van der Waals surface area contributed by atoms with Crippen molar-refractivity contribution >= 4 is 23.5 Å². The number of rotatable bonds is 5. The van der Waals surface area contributed by atoms with E-state index in [-0.39, 0.29) is 5.78 Å². The van der Waals surface area contributed by atoms with Crippen molar-refractivity contribution < 1.29 is 4.79 Å². The molecule has 4 rings (SSSR count). The normalized spacial score (nSPS) is 11.0. The van der Waals surface area contributed by atoms with Crippen LogP contribution in [0.4, 0.5) is 0 Å². The van der Waals surface area contributed by atoms with E-state index < -0.39 is 0 Å². The summed E-state index contributed by atoms with van der Waals surface area (Å²) in [7, 11) is 0. The predicted molar refractivity (Wildman–Crippen MR) is 112 cm³/mol. The van der Waals surface area contributed by atoms with E-state index in [0.29, 0.717) is 10.6 Å². The Bertz CT molecular complexity index is 1110. The van der Waals surface area contributed by atoms with Crippen LogP contribution in [0.5, 0.6) is 0 Å². The summed E-state index contributed by atoms with van der Waals surface area (Å²) in [4.78, 5) is 12.4. The minimum atomic E-state index is -0.0663. The highest BCUT2D eigenvalue weighted by atomic mass is 35.5. The molecule has 0 spiro atoms. The summed E-state index contributed by atoms with van der Waals surface area (Å²) >= 11 is 5.87. The summed E-state index contributed by atoms with van der Waals surface area (Å²) in [6.07, 6.45) is 5.06. The fourth-order valence-electron chi connectivity index (χ4n) is 2.84. The molecule has 0 amide bonds. The highest BCUT2D eigenvalue weighted by Crippen LogP contribution is 2.21. The summed E-state index contributed by atoms with van der Waals surface area (Å²) in [6.45, 7) is 0. The van der Waals surface area contributed by atoms with Gasteiger partial charge in [-0.15, -0.1) is 5.10 Å². The molecule has 0 atom stereocenters. The van der Waals surface area contributed by atoms with Gasteiger partial charge in [-0.05, 0) is 48.0 Å². The molecule has 0 aliphatic heterocycles. The Labute approximate surface area is 167 Å². The van der Waals surface area contributed by atoms with E-state index in [1.54, 1.807) is 47.3 Å². The van der Waals surface area contributed by atoms with E-state index in [2.05, 4.69) is 10.3 Å². The molecule has 28 heavy (non-hydrogen) atoms. The van der Waals surface area contributed by atoms with Gasteiger partial charge in [0, 0.05) is 16.1 Å². The molecule has 4 nitrogen and oxygen atoms in total. The van der Waals surface area contributed by atoms with Crippen molar-refractivity contribution in [1.29, 1.82) is 0 Å². The number of ketones is 1. The Morgan fingerprint density at radius 1 is 0.893 bits per heavy atom. The van der Waals surface area contributed by atoms with E-state index >= 15 is 0 Å². The first-order valence-electron chi connectivity index (χ1n) is 8.75. The van der Waals surface area contributed by atoms with Crippen LogP contribution in [0.15, 0.2) is 91.1 Å². The van der Waals surface area contributed by atoms with Gasteiger partial charge in [-0.2, -0.15) is 0 Å². The van der Waals surface area contributed by atoms with Gasteiger partial charge >= 0.3 is 0 Å².